The molecule has 0 bridgehead atoms. The first-order valence-electron chi connectivity index (χ1n) is 9.38. The fourth-order valence-corrected chi connectivity index (χ4v) is 3.44. The van der Waals surface area contributed by atoms with Crippen molar-refractivity contribution in [1.29, 1.82) is 0 Å². The Labute approximate surface area is 182 Å². The highest BCUT2D eigenvalue weighted by Gasteiger charge is 2.22. The van der Waals surface area contributed by atoms with E-state index in [9.17, 15) is 0 Å². The minimum atomic E-state index is -0.0535. The quantitative estimate of drug-likeness (QED) is 0.388. The second kappa shape index (κ2) is 9.86. The van der Waals surface area contributed by atoms with Gasteiger partial charge < -0.3 is 24.8 Å². The van der Waals surface area contributed by atoms with Crippen LogP contribution in [0.3, 0.4) is 0 Å². The molecule has 2 heterocycles. The summed E-state index contributed by atoms with van der Waals surface area (Å²) < 4.78 is 17.5. The number of hydrogen-bond acceptors (Lipinski definition) is 4. The van der Waals surface area contributed by atoms with Gasteiger partial charge >= 0.3 is 0 Å². The van der Waals surface area contributed by atoms with E-state index in [1.807, 2.05) is 36.4 Å². The van der Waals surface area contributed by atoms with Crippen LogP contribution in [-0.2, 0) is 0 Å². The maximum Gasteiger partial charge on any atom is 0.191 e. The number of guanidine groups is 1. The second-order valence-corrected chi connectivity index (χ2v) is 6.70. The first kappa shape index (κ1) is 20.6. The van der Waals surface area contributed by atoms with E-state index in [0.717, 1.165) is 42.8 Å². The highest BCUT2D eigenvalue weighted by Crippen LogP contribution is 2.33. The Morgan fingerprint density at radius 3 is 2.50 bits per heavy atom. The molecule has 150 valence electrons. The minimum absolute atomic E-state index is 0. The summed E-state index contributed by atoms with van der Waals surface area (Å²) in [5.74, 6) is 3.76. The van der Waals surface area contributed by atoms with Crippen molar-refractivity contribution in [2.75, 3.05) is 33.4 Å². The van der Waals surface area contributed by atoms with Gasteiger partial charge in [0.1, 0.15) is 18.5 Å². The van der Waals surface area contributed by atoms with Crippen molar-refractivity contribution in [3.05, 3.63) is 54.1 Å². The van der Waals surface area contributed by atoms with E-state index in [1.54, 1.807) is 7.05 Å². The topological polar surface area (TPSA) is 64.1 Å². The van der Waals surface area contributed by atoms with Gasteiger partial charge in [-0.05, 0) is 30.2 Å². The molecule has 4 rings (SSSR count). The number of halogens is 1. The van der Waals surface area contributed by atoms with E-state index in [0.29, 0.717) is 19.1 Å². The molecular weight excluding hydrogens is 469 g/mol. The summed E-state index contributed by atoms with van der Waals surface area (Å²) in [6.07, 6.45) is 0.944. The van der Waals surface area contributed by atoms with Gasteiger partial charge in [-0.2, -0.15) is 0 Å². The second-order valence-electron chi connectivity index (χ2n) is 6.70. The molecule has 28 heavy (non-hydrogen) atoms. The maximum absolute atomic E-state index is 5.98. The number of ether oxygens (including phenoxy) is 3. The predicted molar refractivity (Wildman–Crippen MR) is 120 cm³/mol. The van der Waals surface area contributed by atoms with Gasteiger partial charge in [0.15, 0.2) is 17.5 Å². The van der Waals surface area contributed by atoms with Crippen LogP contribution < -0.4 is 24.8 Å². The van der Waals surface area contributed by atoms with Gasteiger partial charge in [-0.15, -0.1) is 24.0 Å². The van der Waals surface area contributed by atoms with Crippen LogP contribution >= 0.6 is 24.0 Å². The van der Waals surface area contributed by atoms with E-state index < -0.39 is 0 Å². The lowest BCUT2D eigenvalue weighted by atomic mass is 9.93. The van der Waals surface area contributed by atoms with Crippen molar-refractivity contribution in [3.63, 3.8) is 0 Å². The molecule has 2 aromatic carbocycles. The molecule has 0 radical (unpaired) electrons. The Hall–Kier alpha value is -2.16. The molecule has 2 aliphatic heterocycles. The van der Waals surface area contributed by atoms with Crippen LogP contribution in [0.25, 0.3) is 0 Å². The Morgan fingerprint density at radius 1 is 0.964 bits per heavy atom. The third kappa shape index (κ3) is 4.81. The molecule has 2 N–H and O–H groups in total. The van der Waals surface area contributed by atoms with Crippen LogP contribution in [0.2, 0.25) is 0 Å². The fourth-order valence-electron chi connectivity index (χ4n) is 3.44. The van der Waals surface area contributed by atoms with Crippen LogP contribution in [0.15, 0.2) is 53.5 Å². The average Bonchev–Trinajstić information content (AvgIpc) is 2.74. The molecular formula is C21H26IN3O3. The number of rotatable bonds is 4. The van der Waals surface area contributed by atoms with E-state index in [4.69, 9.17) is 14.2 Å². The van der Waals surface area contributed by atoms with E-state index in [-0.39, 0.29) is 30.1 Å². The molecule has 0 fully saturated rings. The summed E-state index contributed by atoms with van der Waals surface area (Å²) in [7, 11) is 1.78. The summed E-state index contributed by atoms with van der Waals surface area (Å²) in [4.78, 5) is 4.32. The van der Waals surface area contributed by atoms with Crippen molar-refractivity contribution >= 4 is 29.9 Å². The van der Waals surface area contributed by atoms with Crippen molar-refractivity contribution in [1.82, 2.24) is 10.6 Å². The lowest BCUT2D eigenvalue weighted by molar-refractivity contribution is 0.0936. The number of benzene rings is 2. The number of hydrogen-bond donors (Lipinski definition) is 2. The zero-order chi connectivity index (χ0) is 18.5. The molecule has 7 heteroatoms. The first-order chi connectivity index (χ1) is 13.3. The molecule has 2 atom stereocenters. The molecule has 0 saturated heterocycles. The van der Waals surface area contributed by atoms with Crippen molar-refractivity contribution in [2.45, 2.75) is 18.4 Å². The van der Waals surface area contributed by atoms with Gasteiger partial charge in [0.2, 0.25) is 0 Å². The number of nitrogens with zero attached hydrogens (tertiary/aromatic N) is 1. The molecule has 0 aromatic heterocycles. The Kier molecular flexibility index (Phi) is 7.24. The Bertz CT molecular complexity index is 815. The van der Waals surface area contributed by atoms with Crippen molar-refractivity contribution in [3.8, 4) is 17.2 Å². The third-order valence-electron chi connectivity index (χ3n) is 4.89. The highest BCUT2D eigenvalue weighted by atomic mass is 127. The number of aliphatic imine (C=N–C) groups is 1. The highest BCUT2D eigenvalue weighted by molar-refractivity contribution is 14.0. The SMILES string of the molecule is CN=C(NCC1COc2ccccc2O1)NCC1CCOc2ccccc21.I. The van der Waals surface area contributed by atoms with Crippen LogP contribution in [-0.4, -0.2) is 45.4 Å². The first-order valence-corrected chi connectivity index (χ1v) is 9.38. The molecule has 2 aliphatic rings. The zero-order valence-corrected chi connectivity index (χ0v) is 18.2. The van der Waals surface area contributed by atoms with Crippen LogP contribution in [0.5, 0.6) is 17.2 Å². The lowest BCUT2D eigenvalue weighted by Gasteiger charge is -2.28. The van der Waals surface area contributed by atoms with Gasteiger partial charge in [0, 0.05) is 19.5 Å². The largest absolute Gasteiger partial charge is 0.493 e. The molecule has 0 amide bonds. The van der Waals surface area contributed by atoms with Gasteiger partial charge in [-0.1, -0.05) is 30.3 Å². The molecule has 0 aliphatic carbocycles. The number of para-hydroxylation sites is 3. The normalized spacial score (nSPS) is 20.2. The smallest absolute Gasteiger partial charge is 0.191 e. The monoisotopic (exact) mass is 495 g/mol. The predicted octanol–water partition coefficient (Wildman–Crippen LogP) is 3.18. The minimum Gasteiger partial charge on any atom is -0.493 e. The summed E-state index contributed by atoms with van der Waals surface area (Å²) in [6.45, 7) is 2.71. The lowest BCUT2D eigenvalue weighted by Crippen LogP contribution is -2.46. The van der Waals surface area contributed by atoms with Gasteiger partial charge in [0.05, 0.1) is 13.2 Å². The van der Waals surface area contributed by atoms with Crippen molar-refractivity contribution < 1.29 is 14.2 Å². The molecule has 0 saturated carbocycles. The molecule has 6 nitrogen and oxygen atoms in total. The Balaban J connectivity index is 0.00000225. The summed E-state index contributed by atoms with van der Waals surface area (Å²) in [6, 6.07) is 16.0. The maximum atomic E-state index is 5.98. The molecule has 2 aromatic rings. The molecule has 2 unspecified atom stereocenters. The fraction of sp³-hybridized carbons (Fsp3) is 0.381. The van der Waals surface area contributed by atoms with E-state index >= 15 is 0 Å². The van der Waals surface area contributed by atoms with Crippen LogP contribution in [0.1, 0.15) is 17.9 Å². The van der Waals surface area contributed by atoms with E-state index in [2.05, 4.69) is 27.8 Å². The Morgan fingerprint density at radius 2 is 1.68 bits per heavy atom. The third-order valence-corrected chi connectivity index (χ3v) is 4.89. The van der Waals surface area contributed by atoms with Gasteiger partial charge in [-0.25, -0.2) is 0 Å². The average molecular weight is 495 g/mol. The summed E-state index contributed by atoms with van der Waals surface area (Å²) in [5.41, 5.74) is 1.26. The van der Waals surface area contributed by atoms with Crippen LogP contribution in [0.4, 0.5) is 0 Å². The standard InChI is InChI=1S/C21H25N3O3.HI/c1-22-21(23-12-15-10-11-25-18-7-3-2-6-17(15)18)24-13-16-14-26-19-8-4-5-9-20(19)27-16;/h2-9,15-16H,10-14H2,1H3,(H2,22,23,24);1H. The number of fused-ring (bicyclic) bond motifs is 2. The van der Waals surface area contributed by atoms with Gasteiger partial charge in [-0.3, -0.25) is 4.99 Å². The summed E-state index contributed by atoms with van der Waals surface area (Å²) >= 11 is 0. The van der Waals surface area contributed by atoms with Gasteiger partial charge in [0.25, 0.3) is 0 Å². The molecule has 0 spiro atoms. The summed E-state index contributed by atoms with van der Waals surface area (Å²) in [5, 5.41) is 6.76. The van der Waals surface area contributed by atoms with E-state index in [1.165, 1.54) is 5.56 Å². The zero-order valence-electron chi connectivity index (χ0n) is 15.9. The van der Waals surface area contributed by atoms with Crippen molar-refractivity contribution in [2.24, 2.45) is 4.99 Å². The number of nitrogens with one attached hydrogen (secondary N) is 2. The van der Waals surface area contributed by atoms with Crippen LogP contribution in [0, 0.1) is 0 Å².